The summed E-state index contributed by atoms with van der Waals surface area (Å²) in [4.78, 5) is 36.4. The number of ether oxygens (including phenoxy) is 1. The Hall–Kier alpha value is -3.28. The number of hydrogen-bond acceptors (Lipinski definition) is 7. The SMILES string of the molecule is O=C(COC(=O)CCNS(=O)(=O)c1ccc2ccccc2c1)NC(=O)NCCc1cccs1. The van der Waals surface area contributed by atoms with E-state index in [9.17, 15) is 22.8 Å². The first kappa shape index (κ1) is 24.4. The summed E-state index contributed by atoms with van der Waals surface area (Å²) in [5.41, 5.74) is 0. The van der Waals surface area contributed by atoms with Crippen molar-refractivity contribution in [3.63, 3.8) is 0 Å². The normalized spacial score (nSPS) is 11.2. The van der Waals surface area contributed by atoms with E-state index in [0.29, 0.717) is 13.0 Å². The summed E-state index contributed by atoms with van der Waals surface area (Å²) in [7, 11) is -3.81. The van der Waals surface area contributed by atoms with Gasteiger partial charge in [0, 0.05) is 18.0 Å². The molecule has 3 rings (SSSR count). The number of carbonyl (C=O) groups excluding carboxylic acids is 3. The topological polar surface area (TPSA) is 131 Å². The molecular formula is C22H23N3O6S2. The summed E-state index contributed by atoms with van der Waals surface area (Å²) in [6, 6.07) is 15.3. The molecule has 3 N–H and O–H groups in total. The average molecular weight is 490 g/mol. The molecule has 0 saturated carbocycles. The molecule has 1 heterocycles. The van der Waals surface area contributed by atoms with Gasteiger partial charge in [-0.05, 0) is 40.8 Å². The van der Waals surface area contributed by atoms with Crippen LogP contribution in [0.15, 0.2) is 64.9 Å². The average Bonchev–Trinajstić information content (AvgIpc) is 3.31. The van der Waals surface area contributed by atoms with Crippen LogP contribution in [0.4, 0.5) is 4.79 Å². The molecule has 3 amide bonds. The highest BCUT2D eigenvalue weighted by atomic mass is 32.2. The lowest BCUT2D eigenvalue weighted by Crippen LogP contribution is -2.42. The number of imide groups is 1. The number of rotatable bonds is 10. The Balaban J connectivity index is 1.34. The van der Waals surface area contributed by atoms with E-state index in [1.807, 2.05) is 35.7 Å². The molecule has 0 saturated heterocycles. The van der Waals surface area contributed by atoms with E-state index < -0.39 is 34.5 Å². The van der Waals surface area contributed by atoms with E-state index in [0.717, 1.165) is 15.6 Å². The highest BCUT2D eigenvalue weighted by Gasteiger charge is 2.16. The van der Waals surface area contributed by atoms with Gasteiger partial charge in [0.2, 0.25) is 10.0 Å². The van der Waals surface area contributed by atoms with Gasteiger partial charge in [0.05, 0.1) is 11.3 Å². The van der Waals surface area contributed by atoms with Gasteiger partial charge in [0.25, 0.3) is 5.91 Å². The smallest absolute Gasteiger partial charge is 0.321 e. The minimum Gasteiger partial charge on any atom is -0.456 e. The van der Waals surface area contributed by atoms with Crippen LogP contribution < -0.4 is 15.4 Å². The third kappa shape index (κ3) is 7.67. The summed E-state index contributed by atoms with van der Waals surface area (Å²) in [5, 5.41) is 8.22. The zero-order valence-corrected chi connectivity index (χ0v) is 19.2. The number of thiophene rings is 1. The van der Waals surface area contributed by atoms with Crippen molar-refractivity contribution >= 4 is 50.0 Å². The van der Waals surface area contributed by atoms with Gasteiger partial charge in [-0.15, -0.1) is 11.3 Å². The molecule has 2 aromatic carbocycles. The van der Waals surface area contributed by atoms with Crippen LogP contribution in [0.2, 0.25) is 0 Å². The molecule has 0 aliphatic heterocycles. The maximum atomic E-state index is 12.4. The number of carbonyl (C=O) groups is 3. The Labute approximate surface area is 195 Å². The largest absolute Gasteiger partial charge is 0.456 e. The Bertz CT molecular complexity index is 1230. The van der Waals surface area contributed by atoms with Crippen molar-refractivity contribution in [2.75, 3.05) is 19.7 Å². The predicted molar refractivity (Wildman–Crippen MR) is 124 cm³/mol. The second-order valence-electron chi connectivity index (χ2n) is 6.95. The van der Waals surface area contributed by atoms with E-state index in [4.69, 9.17) is 4.74 Å². The highest BCUT2D eigenvalue weighted by Crippen LogP contribution is 2.18. The predicted octanol–water partition coefficient (Wildman–Crippen LogP) is 2.18. The van der Waals surface area contributed by atoms with Crippen LogP contribution in [0.5, 0.6) is 0 Å². The number of sulfonamides is 1. The Morgan fingerprint density at radius 1 is 0.939 bits per heavy atom. The standard InChI is InChI=1S/C22H23N3O6S2/c26-20(25-22(28)23-11-9-18-6-3-13-32-18)15-31-21(27)10-12-24-33(29,30)19-8-7-16-4-1-2-5-17(16)14-19/h1-8,13-14,24H,9-12,15H2,(H2,23,25,26,28). The molecule has 0 aliphatic carbocycles. The molecule has 0 bridgehead atoms. The number of hydrogen-bond donors (Lipinski definition) is 3. The van der Waals surface area contributed by atoms with E-state index in [-0.39, 0.29) is 17.9 Å². The van der Waals surface area contributed by atoms with Gasteiger partial charge in [-0.1, -0.05) is 36.4 Å². The van der Waals surface area contributed by atoms with Crippen molar-refractivity contribution in [2.24, 2.45) is 0 Å². The second-order valence-corrected chi connectivity index (χ2v) is 9.75. The van der Waals surface area contributed by atoms with E-state index in [1.165, 1.54) is 6.07 Å². The molecule has 0 fully saturated rings. The maximum absolute atomic E-state index is 12.4. The van der Waals surface area contributed by atoms with Crippen LogP contribution in [0.25, 0.3) is 10.8 Å². The van der Waals surface area contributed by atoms with E-state index >= 15 is 0 Å². The molecule has 3 aromatic rings. The number of amides is 3. The van der Waals surface area contributed by atoms with Crippen molar-refractivity contribution < 1.29 is 27.5 Å². The molecular weight excluding hydrogens is 466 g/mol. The number of benzene rings is 2. The Kier molecular flexibility index (Phi) is 8.52. The quantitative estimate of drug-likeness (QED) is 0.374. The van der Waals surface area contributed by atoms with E-state index in [1.54, 1.807) is 29.5 Å². The van der Waals surface area contributed by atoms with Crippen LogP contribution in [0.1, 0.15) is 11.3 Å². The first-order chi connectivity index (χ1) is 15.8. The monoisotopic (exact) mass is 489 g/mol. The summed E-state index contributed by atoms with van der Waals surface area (Å²) >= 11 is 1.57. The first-order valence-corrected chi connectivity index (χ1v) is 12.4. The summed E-state index contributed by atoms with van der Waals surface area (Å²) in [6.45, 7) is -0.482. The fourth-order valence-electron chi connectivity index (χ4n) is 2.88. The van der Waals surface area contributed by atoms with Crippen LogP contribution >= 0.6 is 11.3 Å². The number of fused-ring (bicyclic) bond motifs is 1. The molecule has 0 unspecified atom stereocenters. The van der Waals surface area contributed by atoms with Gasteiger partial charge in [-0.2, -0.15) is 0 Å². The lowest BCUT2D eigenvalue weighted by molar-refractivity contribution is -0.148. The summed E-state index contributed by atoms with van der Waals surface area (Å²) < 4.78 is 32.0. The van der Waals surface area contributed by atoms with Gasteiger partial charge < -0.3 is 10.1 Å². The van der Waals surface area contributed by atoms with Gasteiger partial charge in [-0.3, -0.25) is 14.9 Å². The van der Waals surface area contributed by atoms with Crippen molar-refractivity contribution in [2.45, 2.75) is 17.7 Å². The molecule has 9 nitrogen and oxygen atoms in total. The summed E-state index contributed by atoms with van der Waals surface area (Å²) in [5.74, 6) is -1.56. The van der Waals surface area contributed by atoms with Gasteiger partial charge in [0.15, 0.2) is 6.61 Å². The number of esters is 1. The van der Waals surface area contributed by atoms with Gasteiger partial charge in [0.1, 0.15) is 0 Å². The molecule has 174 valence electrons. The number of nitrogens with one attached hydrogen (secondary N) is 3. The maximum Gasteiger partial charge on any atom is 0.321 e. The van der Waals surface area contributed by atoms with Crippen LogP contribution in [0, 0.1) is 0 Å². The third-order valence-electron chi connectivity index (χ3n) is 4.51. The first-order valence-electron chi connectivity index (χ1n) is 10.1. The Morgan fingerprint density at radius 3 is 2.48 bits per heavy atom. The van der Waals surface area contributed by atoms with Crippen molar-refractivity contribution in [1.82, 2.24) is 15.4 Å². The zero-order valence-electron chi connectivity index (χ0n) is 17.6. The molecule has 1 aromatic heterocycles. The van der Waals surface area contributed by atoms with Gasteiger partial charge >= 0.3 is 12.0 Å². The third-order valence-corrected chi connectivity index (χ3v) is 6.90. The zero-order chi connectivity index (χ0) is 23.7. The molecule has 0 aliphatic rings. The van der Waals surface area contributed by atoms with E-state index in [2.05, 4.69) is 15.4 Å². The Morgan fingerprint density at radius 2 is 1.73 bits per heavy atom. The minimum absolute atomic E-state index is 0.0824. The van der Waals surface area contributed by atoms with Crippen molar-refractivity contribution in [3.05, 3.63) is 64.9 Å². The fourth-order valence-corrected chi connectivity index (χ4v) is 4.66. The molecule has 0 atom stereocenters. The minimum atomic E-state index is -3.81. The van der Waals surface area contributed by atoms with Crippen molar-refractivity contribution in [3.8, 4) is 0 Å². The lowest BCUT2D eigenvalue weighted by atomic mass is 10.1. The van der Waals surface area contributed by atoms with Crippen molar-refractivity contribution in [1.29, 1.82) is 0 Å². The number of urea groups is 1. The molecule has 0 radical (unpaired) electrons. The van der Waals surface area contributed by atoms with Crippen LogP contribution in [-0.4, -0.2) is 46.0 Å². The second kappa shape index (κ2) is 11.5. The molecule has 11 heteroatoms. The molecule has 0 spiro atoms. The van der Waals surface area contributed by atoms with Crippen LogP contribution in [-0.2, 0) is 30.8 Å². The van der Waals surface area contributed by atoms with Crippen LogP contribution in [0.3, 0.4) is 0 Å². The highest BCUT2D eigenvalue weighted by molar-refractivity contribution is 7.89. The molecule has 33 heavy (non-hydrogen) atoms. The van der Waals surface area contributed by atoms with Gasteiger partial charge in [-0.25, -0.2) is 17.9 Å². The lowest BCUT2D eigenvalue weighted by Gasteiger charge is -2.09. The summed E-state index contributed by atoms with van der Waals surface area (Å²) in [6.07, 6.45) is 0.372. The fraction of sp³-hybridized carbons (Fsp3) is 0.227.